The third-order valence-electron chi connectivity index (χ3n) is 10.5. The lowest BCUT2D eigenvalue weighted by atomic mass is 10.1. The molecule has 394 valence electrons. The number of unbranched alkanes of at least 4 members (excludes halogenated alkanes) is 11. The number of phosphoric ester groups is 1. The van der Waals surface area contributed by atoms with Gasteiger partial charge in [0.05, 0.1) is 13.2 Å². The number of hydrogen-bond acceptors (Lipinski definition) is 8. The van der Waals surface area contributed by atoms with Gasteiger partial charge in [-0.1, -0.05) is 198 Å². The zero-order valence-electron chi connectivity index (χ0n) is 43.7. The van der Waals surface area contributed by atoms with Gasteiger partial charge in [-0.25, -0.2) is 4.57 Å². The Balaban J connectivity index is 4.18. The molecule has 0 spiro atoms. The predicted octanol–water partition coefficient (Wildman–Crippen LogP) is 16.8. The summed E-state index contributed by atoms with van der Waals surface area (Å²) in [5.41, 5.74) is 5.36. The van der Waals surface area contributed by atoms with Crippen molar-refractivity contribution in [2.75, 3.05) is 26.4 Å². The third-order valence-corrected chi connectivity index (χ3v) is 11.4. The van der Waals surface area contributed by atoms with Crippen molar-refractivity contribution in [2.24, 2.45) is 5.73 Å². The van der Waals surface area contributed by atoms with Crippen LogP contribution in [0, 0.1) is 0 Å². The Bertz CT molecular complexity index is 1650. The number of hydrogen-bond donors (Lipinski definition) is 2. The van der Waals surface area contributed by atoms with Gasteiger partial charge in [0, 0.05) is 19.4 Å². The standard InChI is InChI=1S/C60H96NO8P/c1-3-5-7-9-11-13-15-17-19-21-22-23-24-25-26-27-28-29-30-31-32-33-34-35-36-37-39-41-43-45-47-49-51-53-60(63)69-58(57-68-70(64,65)67-55-54-61)56-66-59(62)52-50-48-46-44-42-40-38-20-18-16-14-12-10-8-6-4-2/h5,7,11,13-14,16-17,19-20,22-23,25-26,28-29,31-32,34-35,37-39,43,45,58H,3-4,6,8-10,12,15,18,21,24,27,30,33,36,40-42,44,46-57,61H2,1-2H3,(H,64,65)/b7-5-,13-11-,16-14-,19-17-,23-22-,26-25-,29-28-,32-31-,35-34-,38-20-,39-37-,45-43-. The Morgan fingerprint density at radius 1 is 0.443 bits per heavy atom. The molecule has 0 fully saturated rings. The number of carbonyl (C=O) groups excluding carboxylic acids is 2. The second kappa shape index (κ2) is 54.2. The molecule has 0 heterocycles. The summed E-state index contributed by atoms with van der Waals surface area (Å²) in [6, 6.07) is 0. The largest absolute Gasteiger partial charge is 0.472 e. The summed E-state index contributed by atoms with van der Waals surface area (Å²) in [6.45, 7) is 3.51. The zero-order valence-corrected chi connectivity index (χ0v) is 44.6. The quantitative estimate of drug-likeness (QED) is 0.0264. The van der Waals surface area contributed by atoms with E-state index in [2.05, 4.69) is 160 Å². The number of esters is 2. The smallest absolute Gasteiger partial charge is 0.462 e. The van der Waals surface area contributed by atoms with Gasteiger partial charge in [-0.2, -0.15) is 0 Å². The summed E-state index contributed by atoms with van der Waals surface area (Å²) in [7, 11) is -4.41. The first kappa shape index (κ1) is 65.9. The van der Waals surface area contributed by atoms with Crippen molar-refractivity contribution in [1.82, 2.24) is 0 Å². The summed E-state index contributed by atoms with van der Waals surface area (Å²) >= 11 is 0. The molecule has 0 aliphatic carbocycles. The Kier molecular flexibility index (Phi) is 51.0. The van der Waals surface area contributed by atoms with Crippen molar-refractivity contribution in [3.8, 4) is 0 Å². The molecule has 3 N–H and O–H groups in total. The van der Waals surface area contributed by atoms with Crippen molar-refractivity contribution in [3.63, 3.8) is 0 Å². The normalized spacial score (nSPS) is 14.3. The molecule has 0 aromatic rings. The van der Waals surface area contributed by atoms with E-state index in [0.717, 1.165) is 116 Å². The monoisotopic (exact) mass is 990 g/mol. The molecule has 2 atom stereocenters. The van der Waals surface area contributed by atoms with E-state index >= 15 is 0 Å². The fourth-order valence-corrected chi connectivity index (χ4v) is 7.28. The molecule has 0 aliphatic heterocycles. The molecule has 0 saturated heterocycles. The lowest BCUT2D eigenvalue weighted by molar-refractivity contribution is -0.161. The van der Waals surface area contributed by atoms with Gasteiger partial charge < -0.3 is 20.1 Å². The van der Waals surface area contributed by atoms with E-state index in [0.29, 0.717) is 12.8 Å². The van der Waals surface area contributed by atoms with Gasteiger partial charge in [0.1, 0.15) is 6.61 Å². The first-order chi connectivity index (χ1) is 34.3. The average Bonchev–Trinajstić information content (AvgIpc) is 3.35. The van der Waals surface area contributed by atoms with Crippen LogP contribution >= 0.6 is 7.82 Å². The molecular weight excluding hydrogens is 894 g/mol. The van der Waals surface area contributed by atoms with Gasteiger partial charge in [0.15, 0.2) is 6.10 Å². The first-order valence-corrected chi connectivity index (χ1v) is 28.3. The molecule has 70 heavy (non-hydrogen) atoms. The lowest BCUT2D eigenvalue weighted by Gasteiger charge is -2.19. The molecule has 0 saturated carbocycles. The van der Waals surface area contributed by atoms with Gasteiger partial charge in [-0.15, -0.1) is 0 Å². The topological polar surface area (TPSA) is 134 Å². The van der Waals surface area contributed by atoms with E-state index in [1.807, 2.05) is 0 Å². The second-order valence-electron chi connectivity index (χ2n) is 17.0. The van der Waals surface area contributed by atoms with Crippen molar-refractivity contribution in [2.45, 2.75) is 193 Å². The highest BCUT2D eigenvalue weighted by Gasteiger charge is 2.26. The minimum atomic E-state index is -4.41. The Morgan fingerprint density at radius 3 is 1.20 bits per heavy atom. The van der Waals surface area contributed by atoms with E-state index in [4.69, 9.17) is 24.3 Å². The van der Waals surface area contributed by atoms with E-state index in [1.54, 1.807) is 0 Å². The van der Waals surface area contributed by atoms with Crippen molar-refractivity contribution in [1.29, 1.82) is 0 Å². The summed E-state index contributed by atoms with van der Waals surface area (Å²) in [6.07, 6.45) is 77.5. The Morgan fingerprint density at radius 2 is 0.786 bits per heavy atom. The van der Waals surface area contributed by atoms with Crippen LogP contribution in [0.4, 0.5) is 0 Å². The maximum atomic E-state index is 12.7. The Labute approximate surface area is 426 Å². The van der Waals surface area contributed by atoms with Crippen molar-refractivity contribution >= 4 is 19.8 Å². The van der Waals surface area contributed by atoms with Crippen LogP contribution in [0.2, 0.25) is 0 Å². The fourth-order valence-electron chi connectivity index (χ4n) is 6.51. The molecule has 10 heteroatoms. The predicted molar refractivity (Wildman–Crippen MR) is 297 cm³/mol. The van der Waals surface area contributed by atoms with Gasteiger partial charge in [0.2, 0.25) is 0 Å². The second-order valence-corrected chi connectivity index (χ2v) is 18.5. The molecule has 0 amide bonds. The van der Waals surface area contributed by atoms with Crippen LogP contribution in [0.3, 0.4) is 0 Å². The van der Waals surface area contributed by atoms with Crippen LogP contribution in [0.15, 0.2) is 146 Å². The fraction of sp³-hybridized carbons (Fsp3) is 0.567. The van der Waals surface area contributed by atoms with Gasteiger partial charge in [-0.3, -0.25) is 18.6 Å². The molecule has 0 aromatic carbocycles. The van der Waals surface area contributed by atoms with Gasteiger partial charge >= 0.3 is 19.8 Å². The maximum Gasteiger partial charge on any atom is 0.472 e. The van der Waals surface area contributed by atoms with Crippen LogP contribution in [0.5, 0.6) is 0 Å². The highest BCUT2D eigenvalue weighted by molar-refractivity contribution is 7.47. The summed E-state index contributed by atoms with van der Waals surface area (Å²) < 4.78 is 32.9. The number of carbonyl (C=O) groups is 2. The zero-order chi connectivity index (χ0) is 51.0. The first-order valence-electron chi connectivity index (χ1n) is 26.8. The number of allylic oxidation sites excluding steroid dienone is 24. The minimum absolute atomic E-state index is 0.0357. The SMILES string of the molecule is CC/C=C\C/C=C\C/C=C\C/C=C\C/C=C\C/C=C\C/C=C\C/C=C\C/C=C\C/C=C\CCCCC(=O)OC(COC(=O)CCCCCCC/C=C\C/C=C\CCCCCC)COP(=O)(O)OCCN. The van der Waals surface area contributed by atoms with Gasteiger partial charge in [-0.05, 0) is 122 Å². The van der Waals surface area contributed by atoms with E-state index < -0.39 is 32.5 Å². The average molecular weight is 990 g/mol. The number of rotatable bonds is 48. The minimum Gasteiger partial charge on any atom is -0.462 e. The molecular formula is C60H96NO8P. The van der Waals surface area contributed by atoms with Crippen molar-refractivity contribution in [3.05, 3.63) is 146 Å². The molecule has 0 radical (unpaired) electrons. The lowest BCUT2D eigenvalue weighted by Crippen LogP contribution is -2.29. The summed E-state index contributed by atoms with van der Waals surface area (Å²) in [5.74, 6) is -0.909. The van der Waals surface area contributed by atoms with Crippen LogP contribution in [-0.4, -0.2) is 49.3 Å². The summed E-state index contributed by atoms with van der Waals surface area (Å²) in [4.78, 5) is 35.0. The van der Waals surface area contributed by atoms with E-state index in [9.17, 15) is 19.0 Å². The van der Waals surface area contributed by atoms with E-state index in [-0.39, 0.29) is 32.6 Å². The van der Waals surface area contributed by atoms with Gasteiger partial charge in [0.25, 0.3) is 0 Å². The Hall–Kier alpha value is -4.11. The number of nitrogens with two attached hydrogens (primary N) is 1. The van der Waals surface area contributed by atoms with Crippen molar-refractivity contribution < 1.29 is 37.6 Å². The number of ether oxygens (including phenoxy) is 2. The third kappa shape index (κ3) is 53.2. The van der Waals surface area contributed by atoms with Crippen LogP contribution in [-0.2, 0) is 32.7 Å². The van der Waals surface area contributed by atoms with Crippen LogP contribution in [0.1, 0.15) is 187 Å². The highest BCUT2D eigenvalue weighted by Crippen LogP contribution is 2.43. The molecule has 0 rings (SSSR count). The van der Waals surface area contributed by atoms with E-state index in [1.165, 1.54) is 32.1 Å². The molecule has 0 aromatic heterocycles. The number of phosphoric acid groups is 1. The molecule has 0 bridgehead atoms. The highest BCUT2D eigenvalue weighted by atomic mass is 31.2. The molecule has 9 nitrogen and oxygen atoms in total. The molecule has 0 aliphatic rings. The maximum absolute atomic E-state index is 12.7. The van der Waals surface area contributed by atoms with Crippen LogP contribution < -0.4 is 5.73 Å². The van der Waals surface area contributed by atoms with Crippen LogP contribution in [0.25, 0.3) is 0 Å². The summed E-state index contributed by atoms with van der Waals surface area (Å²) in [5, 5.41) is 0. The molecule has 2 unspecified atom stereocenters.